The Hall–Kier alpha value is 1.81. The van der Waals surface area contributed by atoms with Gasteiger partial charge in [0.2, 0.25) is 0 Å². The van der Waals surface area contributed by atoms with Crippen molar-refractivity contribution in [2.75, 3.05) is 0 Å². The summed E-state index contributed by atoms with van der Waals surface area (Å²) in [6, 6.07) is 0. The zero-order valence-electron chi connectivity index (χ0n) is 4.37. The van der Waals surface area contributed by atoms with Crippen LogP contribution in [0.2, 0.25) is 0 Å². The van der Waals surface area contributed by atoms with Crippen molar-refractivity contribution in [3.63, 3.8) is 0 Å². The molecule has 0 bridgehead atoms. The molecule has 0 atom stereocenters. The number of hydrogen-bond donors (Lipinski definition) is 2. The normalized spacial score (nSPS) is 8.88. The van der Waals surface area contributed by atoms with Gasteiger partial charge in [0.1, 0.15) is 0 Å². The van der Waals surface area contributed by atoms with E-state index in [2.05, 4.69) is 3.48 Å². The van der Waals surface area contributed by atoms with Crippen molar-refractivity contribution in [1.29, 1.82) is 0 Å². The Balaban J connectivity index is -0.000000125. The van der Waals surface area contributed by atoms with E-state index in [1.54, 1.807) is 0 Å². The molecule has 0 radical (unpaired) electrons. The minimum atomic E-state index is -4.32. The van der Waals surface area contributed by atoms with Crippen LogP contribution in [0, 0.1) is 0 Å². The minimum absolute atomic E-state index is 0. The minimum Gasteiger partial charge on any atom is -0.870 e. The fourth-order valence-corrected chi connectivity index (χ4v) is 0. The Labute approximate surface area is 85.8 Å². The number of rotatable bonds is 1. The zero-order chi connectivity index (χ0) is 5.21. The van der Waals surface area contributed by atoms with Crippen molar-refractivity contribution in [1.82, 2.24) is 0 Å². The van der Waals surface area contributed by atoms with Crippen LogP contribution in [0.15, 0.2) is 0 Å². The Morgan fingerprint density at radius 1 is 1.50 bits per heavy atom. The molecule has 0 amide bonds. The molecule has 0 aliphatic rings. The Morgan fingerprint density at radius 2 is 1.62 bits per heavy atom. The summed E-state index contributed by atoms with van der Waals surface area (Å²) in [6.45, 7) is 0. The van der Waals surface area contributed by atoms with E-state index in [9.17, 15) is 4.80 Å². The average molecular weight is 180 g/mol. The van der Waals surface area contributed by atoms with Gasteiger partial charge >= 0.3 is 63.4 Å². The SMILES string of the molecule is [Ca+2].[O-][Si](O)(O)[O][AlH2].[OH-]. The van der Waals surface area contributed by atoms with Crippen molar-refractivity contribution in [2.24, 2.45) is 0 Å². The molecule has 0 aromatic heterocycles. The van der Waals surface area contributed by atoms with Crippen LogP contribution >= 0.6 is 0 Å². The topological polar surface area (TPSA) is 103 Å². The first-order valence-corrected chi connectivity index (χ1v) is 3.79. The molecule has 44 valence electrons. The first-order valence-electron chi connectivity index (χ1n) is 1.26. The molecule has 3 N–H and O–H groups in total. The maximum atomic E-state index is 9.53. The largest absolute Gasteiger partial charge is 2.00 e. The van der Waals surface area contributed by atoms with Crippen LogP contribution in [0.3, 0.4) is 0 Å². The van der Waals surface area contributed by atoms with Gasteiger partial charge in [-0.3, -0.25) is 0 Å². The van der Waals surface area contributed by atoms with Gasteiger partial charge in [-0.05, 0) is 0 Å². The van der Waals surface area contributed by atoms with Gasteiger partial charge in [-0.2, -0.15) is 0 Å². The maximum Gasteiger partial charge on any atom is 2.00 e. The summed E-state index contributed by atoms with van der Waals surface area (Å²) in [6.07, 6.45) is 0. The molecule has 0 saturated carbocycles. The van der Waals surface area contributed by atoms with Crippen molar-refractivity contribution >= 4 is 63.4 Å². The second-order valence-electron chi connectivity index (χ2n) is 0.753. The summed E-state index contributed by atoms with van der Waals surface area (Å²) in [5.41, 5.74) is 0. The van der Waals surface area contributed by atoms with Crippen molar-refractivity contribution in [3.8, 4) is 0 Å². The van der Waals surface area contributed by atoms with Crippen LogP contribution in [-0.2, 0) is 3.48 Å². The molecule has 0 heterocycles. The van der Waals surface area contributed by atoms with Crippen LogP contribution in [-0.4, -0.2) is 78.5 Å². The molecule has 0 unspecified atom stereocenters. The van der Waals surface area contributed by atoms with Crippen LogP contribution in [0.1, 0.15) is 0 Å². The first-order chi connectivity index (χ1) is 2.56. The summed E-state index contributed by atoms with van der Waals surface area (Å²) in [5.74, 6) is 0. The van der Waals surface area contributed by atoms with Crippen LogP contribution in [0.25, 0.3) is 0 Å². The van der Waals surface area contributed by atoms with E-state index in [0.717, 1.165) is 0 Å². The van der Waals surface area contributed by atoms with E-state index in [4.69, 9.17) is 9.59 Å². The van der Waals surface area contributed by atoms with Crippen LogP contribution in [0.4, 0.5) is 0 Å². The van der Waals surface area contributed by atoms with Gasteiger partial charge in [-0.25, -0.2) is 0 Å². The molecule has 0 rings (SSSR count). The molecule has 0 aromatic rings. The third-order valence-electron chi connectivity index (χ3n) is 0.266. The molecule has 5 nitrogen and oxygen atoms in total. The van der Waals surface area contributed by atoms with E-state index in [1.165, 1.54) is 0 Å². The van der Waals surface area contributed by atoms with Gasteiger partial charge in [-0.1, -0.05) is 0 Å². The number of hydrogen-bond acceptors (Lipinski definition) is 5. The van der Waals surface area contributed by atoms with Crippen molar-refractivity contribution in [3.05, 3.63) is 0 Å². The standard InChI is InChI=1S/Al.Ca.H2O4Si.H2O.2H/c;;1-5(2,3)4;;;/h;;1-2H;1H2;;/q+1;+2;-2;;;/p-1. The molecule has 0 saturated heterocycles. The summed E-state index contributed by atoms with van der Waals surface area (Å²) >= 11 is 0.0972. The second-order valence-corrected chi connectivity index (χ2v) is 3.48. The molecular formula is H5AlCaO5Si. The van der Waals surface area contributed by atoms with E-state index in [-0.39, 0.29) is 59.8 Å². The van der Waals surface area contributed by atoms with Gasteiger partial charge in [0, 0.05) is 0 Å². The van der Waals surface area contributed by atoms with E-state index in [1.807, 2.05) is 0 Å². The van der Waals surface area contributed by atoms with E-state index >= 15 is 0 Å². The van der Waals surface area contributed by atoms with Gasteiger partial charge in [0.05, 0.1) is 0 Å². The monoisotopic (exact) mass is 180 g/mol. The van der Waals surface area contributed by atoms with Crippen molar-refractivity contribution < 1.29 is 23.3 Å². The summed E-state index contributed by atoms with van der Waals surface area (Å²) in [5, 5.41) is 0. The fourth-order valence-electron chi connectivity index (χ4n) is 0. The molecule has 0 aliphatic heterocycles. The van der Waals surface area contributed by atoms with Crippen LogP contribution < -0.4 is 4.80 Å². The second kappa shape index (κ2) is 6.92. The van der Waals surface area contributed by atoms with Gasteiger partial charge in [0.25, 0.3) is 0 Å². The van der Waals surface area contributed by atoms with Gasteiger partial charge < -0.3 is 23.3 Å². The average Bonchev–Trinajstić information content (AvgIpc) is 1.35. The van der Waals surface area contributed by atoms with Crippen LogP contribution in [0.5, 0.6) is 0 Å². The molecule has 0 aliphatic carbocycles. The fraction of sp³-hybridized carbons (Fsp3) is 0. The van der Waals surface area contributed by atoms with E-state index in [0.29, 0.717) is 0 Å². The molecule has 0 aromatic carbocycles. The third kappa shape index (κ3) is 15.7. The Kier molecular flexibility index (Phi) is 14.2. The van der Waals surface area contributed by atoms with Crippen molar-refractivity contribution in [2.45, 2.75) is 0 Å². The smallest absolute Gasteiger partial charge is 0.870 e. The Morgan fingerprint density at radius 3 is 1.62 bits per heavy atom. The third-order valence-corrected chi connectivity index (χ3v) is 2.39. The predicted molar refractivity (Wildman–Crippen MR) is 27.5 cm³/mol. The zero-order valence-corrected chi connectivity index (χ0v) is 9.57. The Bertz CT molecular complexity index is 42.2. The van der Waals surface area contributed by atoms with E-state index < -0.39 is 9.05 Å². The summed E-state index contributed by atoms with van der Waals surface area (Å²) < 4.78 is 3.77. The quantitative estimate of drug-likeness (QED) is 0.398. The summed E-state index contributed by atoms with van der Waals surface area (Å²) in [7, 11) is -4.32. The maximum absolute atomic E-state index is 9.53. The first kappa shape index (κ1) is 16.4. The molecule has 0 spiro atoms. The summed E-state index contributed by atoms with van der Waals surface area (Å²) in [4.78, 5) is 25.1. The molecular weight excluding hydrogens is 175 g/mol. The molecule has 8 heteroatoms. The molecule has 8 heavy (non-hydrogen) atoms. The predicted octanol–water partition coefficient (Wildman–Crippen LogP) is -4.23. The molecule has 0 fully saturated rings. The van der Waals surface area contributed by atoms with Gasteiger partial charge in [-0.15, -0.1) is 0 Å². The van der Waals surface area contributed by atoms with Gasteiger partial charge in [0.15, 0.2) is 0 Å².